The molecular formula is C68H89IN8O10Si2. The molecular weight excluding hydrogens is 1270 g/mol. The largest absolute Gasteiger partial charge is 0.497 e. The molecule has 0 saturated heterocycles. The maximum atomic E-state index is 11.9. The number of pyridine rings is 2. The molecule has 3 N–H and O–H groups in total. The Morgan fingerprint density at radius 1 is 0.539 bits per heavy atom. The van der Waals surface area contributed by atoms with E-state index in [2.05, 4.69) is 106 Å². The predicted octanol–water partition coefficient (Wildman–Crippen LogP) is 15.8. The van der Waals surface area contributed by atoms with Gasteiger partial charge >= 0.3 is 11.9 Å². The van der Waals surface area contributed by atoms with Crippen LogP contribution in [0.3, 0.4) is 0 Å². The minimum atomic E-state index is -1.82. The smallest absolute Gasteiger partial charge is 0.337 e. The Kier molecular flexibility index (Phi) is 22.8. The Hall–Kier alpha value is -6.90. The van der Waals surface area contributed by atoms with Crippen molar-refractivity contribution in [2.45, 2.75) is 167 Å². The van der Waals surface area contributed by atoms with Crippen LogP contribution in [0.4, 0.5) is 5.82 Å². The van der Waals surface area contributed by atoms with Crippen LogP contribution in [0.15, 0.2) is 122 Å². The molecule has 4 aromatic carbocycles. The first-order chi connectivity index (χ1) is 42.3. The molecule has 0 atom stereocenters. The highest BCUT2D eigenvalue weighted by atomic mass is 127. The fourth-order valence-electron chi connectivity index (χ4n) is 10.1. The Morgan fingerprint density at radius 3 is 1.33 bits per heavy atom. The van der Waals surface area contributed by atoms with Gasteiger partial charge in [0.1, 0.15) is 43.6 Å². The van der Waals surface area contributed by atoms with Gasteiger partial charge in [-0.1, -0.05) is 65.8 Å². The van der Waals surface area contributed by atoms with Crippen molar-refractivity contribution in [2.24, 2.45) is 5.73 Å². The van der Waals surface area contributed by atoms with E-state index in [0.29, 0.717) is 70.5 Å². The van der Waals surface area contributed by atoms with Crippen molar-refractivity contribution < 1.29 is 46.9 Å². The van der Waals surface area contributed by atoms with Gasteiger partial charge in [-0.2, -0.15) is 10.2 Å². The number of esters is 2. The molecule has 89 heavy (non-hydrogen) atoms. The number of nitrogens with zero attached hydrogens (tertiary/aromatic N) is 6. The maximum Gasteiger partial charge on any atom is 0.337 e. The van der Waals surface area contributed by atoms with Gasteiger partial charge in [0, 0.05) is 48.8 Å². The van der Waals surface area contributed by atoms with Crippen LogP contribution in [0.2, 0.25) is 36.3 Å². The van der Waals surface area contributed by atoms with Gasteiger partial charge in [-0.05, 0) is 194 Å². The minimum absolute atomic E-state index is 0.195. The summed E-state index contributed by atoms with van der Waals surface area (Å²) in [6, 6.07) is 33.8. The zero-order chi connectivity index (χ0) is 64.3. The summed E-state index contributed by atoms with van der Waals surface area (Å²) in [7, 11) is 2.66. The van der Waals surface area contributed by atoms with Gasteiger partial charge < -0.3 is 48.3 Å². The van der Waals surface area contributed by atoms with E-state index in [0.717, 1.165) is 106 Å². The van der Waals surface area contributed by atoms with Crippen molar-refractivity contribution in [2.75, 3.05) is 33.8 Å². The number of hydrogen-bond donors (Lipinski definition) is 2. The van der Waals surface area contributed by atoms with Gasteiger partial charge in [-0.25, -0.2) is 28.9 Å². The molecule has 0 spiro atoms. The second kappa shape index (κ2) is 29.8. The van der Waals surface area contributed by atoms with Gasteiger partial charge in [-0.3, -0.25) is 0 Å². The van der Waals surface area contributed by atoms with Crippen molar-refractivity contribution in [1.29, 1.82) is 0 Å². The molecule has 0 amide bonds. The summed E-state index contributed by atoms with van der Waals surface area (Å²) in [5.74, 6) is 4.08. The second-order valence-electron chi connectivity index (χ2n) is 25.8. The molecule has 10 rings (SSSR count). The number of nitrogens with one attached hydrogen (secondary N) is 1. The molecule has 0 aliphatic heterocycles. The van der Waals surface area contributed by atoms with Crippen molar-refractivity contribution in [3.63, 3.8) is 0 Å². The summed E-state index contributed by atoms with van der Waals surface area (Å²) in [6.07, 6.45) is 12.8. The van der Waals surface area contributed by atoms with Crippen molar-refractivity contribution in [3.8, 4) is 34.5 Å². The SMILES string of the molecule is CC(C)(C)[Si](C)(C)OC1CCC(N)CC1.COC(=O)c1ccc(Oc2ccnc3c2c(I)nn3Cc2ccc(OC)cc2)cc1.COC(=O)c1ccc(Oc2ccnc3c2c(NC2CCC(O[Si](C)(C)C(C)(C)C)CC2)nn3Cc2ccc(OC)cc2)cc1. The first kappa shape index (κ1) is 68.0. The van der Waals surface area contributed by atoms with E-state index in [4.69, 9.17) is 53.1 Å². The van der Waals surface area contributed by atoms with Gasteiger partial charge in [0.15, 0.2) is 33.7 Å². The predicted molar refractivity (Wildman–Crippen MR) is 364 cm³/mol. The second-order valence-corrected chi connectivity index (χ2v) is 36.3. The third kappa shape index (κ3) is 17.7. The van der Waals surface area contributed by atoms with Gasteiger partial charge in [0.05, 0.1) is 58.0 Å². The third-order valence-electron chi connectivity index (χ3n) is 17.4. The molecule has 4 heterocycles. The Balaban J connectivity index is 0.000000195. The Labute approximate surface area is 540 Å². The normalized spacial score (nSPS) is 17.1. The van der Waals surface area contributed by atoms with Crippen LogP contribution in [0.1, 0.15) is 125 Å². The number of benzene rings is 4. The summed E-state index contributed by atoms with van der Waals surface area (Å²) in [5, 5.41) is 15.6. The van der Waals surface area contributed by atoms with E-state index >= 15 is 0 Å². The molecule has 18 nitrogen and oxygen atoms in total. The van der Waals surface area contributed by atoms with Crippen LogP contribution >= 0.6 is 22.6 Å². The standard InChI is InChI=1S/C34H44N4O5Si.C22H18IN3O4.C12H27NOSi/c1-34(2,3)44(6,7)43-28-18-12-25(13-19-28)36-31-30-29(42-27-16-10-24(11-17-27)33(39)41-5)20-21-35-32(30)38(37-31)22-23-8-14-26(40-4)15-9-23;1-28-16-7-3-14(4-8-16)13-26-21-19(20(23)25-26)18(11-12-24-21)30-17-9-5-15(6-10-17)22(27)29-2;1-12(2,3)15(4,5)14-11-8-6-10(13)7-9-11/h8-11,14-17,20-21,25,28H,12-13,18-19,22H2,1-7H3,(H,36,37);3-12H,13H2,1-2H3;10-11H,6-9,13H2,1-5H3. The topological polar surface area (TPSA) is 207 Å². The first-order valence-electron chi connectivity index (χ1n) is 30.5. The van der Waals surface area contributed by atoms with Crippen LogP contribution in [0, 0.1) is 3.70 Å². The van der Waals surface area contributed by atoms with Crippen LogP contribution in [-0.2, 0) is 31.4 Å². The molecule has 2 fully saturated rings. The van der Waals surface area contributed by atoms with E-state index in [1.807, 2.05) is 64.0 Å². The molecule has 0 unspecified atom stereocenters. The zero-order valence-corrected chi connectivity index (χ0v) is 58.3. The number of methoxy groups -OCH3 is 4. The van der Waals surface area contributed by atoms with E-state index < -0.39 is 22.6 Å². The van der Waals surface area contributed by atoms with E-state index in [1.165, 1.54) is 14.2 Å². The molecule has 2 aliphatic carbocycles. The molecule has 2 saturated carbocycles. The summed E-state index contributed by atoms with van der Waals surface area (Å²) >= 11 is 2.19. The lowest BCUT2D eigenvalue weighted by Crippen LogP contribution is -2.45. The fraction of sp³-hybridized carbons (Fsp3) is 0.441. The van der Waals surface area contributed by atoms with Crippen molar-refractivity contribution in [3.05, 3.63) is 148 Å². The van der Waals surface area contributed by atoms with Crippen LogP contribution < -0.4 is 30.0 Å². The lowest BCUT2D eigenvalue weighted by molar-refractivity contribution is 0.0592. The Bertz CT molecular complexity index is 3610. The molecule has 476 valence electrons. The van der Waals surface area contributed by atoms with Crippen LogP contribution in [0.5, 0.6) is 34.5 Å². The average Bonchev–Trinajstić information content (AvgIpc) is 1.85. The fourth-order valence-corrected chi connectivity index (χ4v) is 13.7. The summed E-state index contributed by atoms with van der Waals surface area (Å²) in [5.41, 5.74) is 10.5. The number of halogens is 1. The number of carbonyl (C=O) groups is 2. The quantitative estimate of drug-likeness (QED) is 0.0465. The number of anilines is 1. The summed E-state index contributed by atoms with van der Waals surface area (Å²) < 4.78 is 50.2. The van der Waals surface area contributed by atoms with Crippen molar-refractivity contribution in [1.82, 2.24) is 29.5 Å². The van der Waals surface area contributed by atoms with E-state index in [9.17, 15) is 9.59 Å². The molecule has 4 aromatic heterocycles. The maximum absolute atomic E-state index is 11.9. The average molecular weight is 1360 g/mol. The highest BCUT2D eigenvalue weighted by Crippen LogP contribution is 2.42. The number of hydrogen-bond acceptors (Lipinski definition) is 16. The lowest BCUT2D eigenvalue weighted by atomic mass is 9.93. The highest BCUT2D eigenvalue weighted by Gasteiger charge is 2.41. The first-order valence-corrected chi connectivity index (χ1v) is 37.4. The van der Waals surface area contributed by atoms with E-state index in [1.54, 1.807) is 81.2 Å². The monoisotopic (exact) mass is 1360 g/mol. The number of carbonyl (C=O) groups excluding carboxylic acids is 2. The van der Waals surface area contributed by atoms with E-state index in [-0.39, 0.29) is 17.0 Å². The van der Waals surface area contributed by atoms with Crippen LogP contribution in [-0.4, -0.2) is 111 Å². The number of fused-ring (bicyclic) bond motifs is 2. The van der Waals surface area contributed by atoms with Gasteiger partial charge in [0.2, 0.25) is 0 Å². The lowest BCUT2D eigenvalue weighted by Gasteiger charge is -2.41. The number of ether oxygens (including phenoxy) is 6. The zero-order valence-electron chi connectivity index (χ0n) is 54.1. The van der Waals surface area contributed by atoms with Gasteiger partial charge in [0.25, 0.3) is 0 Å². The third-order valence-corrected chi connectivity index (χ3v) is 27.2. The number of aromatic nitrogens is 6. The molecule has 0 radical (unpaired) electrons. The Morgan fingerprint density at radius 2 is 0.921 bits per heavy atom. The summed E-state index contributed by atoms with van der Waals surface area (Å²) in [4.78, 5) is 32.8. The molecule has 0 bridgehead atoms. The minimum Gasteiger partial charge on any atom is -0.497 e. The molecule has 8 aromatic rings. The summed E-state index contributed by atoms with van der Waals surface area (Å²) in [6.45, 7) is 24.2. The number of rotatable bonds is 18. The van der Waals surface area contributed by atoms with Crippen LogP contribution in [0.25, 0.3) is 22.1 Å². The highest BCUT2D eigenvalue weighted by molar-refractivity contribution is 14.1. The molecule has 21 heteroatoms. The molecule has 2 aliphatic rings. The van der Waals surface area contributed by atoms with Crippen molar-refractivity contribution >= 4 is 79.0 Å². The number of nitrogens with two attached hydrogens (primary N) is 1. The van der Waals surface area contributed by atoms with Gasteiger partial charge in [-0.15, -0.1) is 0 Å².